The van der Waals surface area contributed by atoms with E-state index in [0.29, 0.717) is 6.42 Å². The molecule has 0 saturated carbocycles. The van der Waals surface area contributed by atoms with Crippen LogP contribution in [-0.2, 0) is 6.42 Å². The SMILES string of the molecule is CC(C)Oc1ccc(C(O)Cc2cccc(Br)c2)cc1. The zero-order valence-electron chi connectivity index (χ0n) is 11.7. The van der Waals surface area contributed by atoms with Gasteiger partial charge in [0.05, 0.1) is 12.2 Å². The van der Waals surface area contributed by atoms with Crippen molar-refractivity contribution in [3.8, 4) is 5.75 Å². The maximum Gasteiger partial charge on any atom is 0.119 e. The van der Waals surface area contributed by atoms with Crippen LogP contribution in [0.5, 0.6) is 5.75 Å². The quantitative estimate of drug-likeness (QED) is 0.871. The van der Waals surface area contributed by atoms with Crippen molar-refractivity contribution in [3.63, 3.8) is 0 Å². The van der Waals surface area contributed by atoms with E-state index in [1.54, 1.807) is 0 Å². The van der Waals surface area contributed by atoms with Crippen molar-refractivity contribution in [2.24, 2.45) is 0 Å². The first-order chi connectivity index (χ1) is 9.54. The second-order valence-electron chi connectivity index (χ2n) is 5.09. The lowest BCUT2D eigenvalue weighted by Crippen LogP contribution is -2.06. The Bertz CT molecular complexity index is 549. The van der Waals surface area contributed by atoms with Crippen LogP contribution in [0.2, 0.25) is 0 Å². The minimum atomic E-state index is -0.502. The maximum atomic E-state index is 10.3. The first-order valence-electron chi connectivity index (χ1n) is 6.73. The third-order valence-electron chi connectivity index (χ3n) is 2.95. The van der Waals surface area contributed by atoms with E-state index in [1.807, 2.05) is 62.4 Å². The molecule has 0 radical (unpaired) electrons. The van der Waals surface area contributed by atoms with E-state index in [9.17, 15) is 5.11 Å². The molecule has 0 fully saturated rings. The minimum Gasteiger partial charge on any atom is -0.491 e. The molecule has 0 aliphatic rings. The molecule has 0 bridgehead atoms. The summed E-state index contributed by atoms with van der Waals surface area (Å²) in [5.41, 5.74) is 2.01. The van der Waals surface area contributed by atoms with Gasteiger partial charge in [0.15, 0.2) is 0 Å². The number of hydrogen-bond donors (Lipinski definition) is 1. The summed E-state index contributed by atoms with van der Waals surface area (Å²) in [6.45, 7) is 3.99. The van der Waals surface area contributed by atoms with Crippen LogP contribution in [0.15, 0.2) is 53.0 Å². The highest BCUT2D eigenvalue weighted by Crippen LogP contribution is 2.23. The topological polar surface area (TPSA) is 29.5 Å². The van der Waals surface area contributed by atoms with Gasteiger partial charge in [-0.2, -0.15) is 0 Å². The summed E-state index contributed by atoms with van der Waals surface area (Å²) < 4.78 is 6.63. The van der Waals surface area contributed by atoms with E-state index < -0.39 is 6.10 Å². The highest BCUT2D eigenvalue weighted by atomic mass is 79.9. The number of aliphatic hydroxyl groups excluding tert-OH is 1. The monoisotopic (exact) mass is 334 g/mol. The van der Waals surface area contributed by atoms with Crippen LogP contribution in [0.4, 0.5) is 0 Å². The Morgan fingerprint density at radius 2 is 1.80 bits per heavy atom. The molecular formula is C17H19BrO2. The van der Waals surface area contributed by atoms with Crippen molar-refractivity contribution in [2.75, 3.05) is 0 Å². The van der Waals surface area contributed by atoms with Gasteiger partial charge in [0.25, 0.3) is 0 Å². The van der Waals surface area contributed by atoms with Gasteiger partial charge in [0.2, 0.25) is 0 Å². The van der Waals surface area contributed by atoms with E-state index in [2.05, 4.69) is 15.9 Å². The molecule has 106 valence electrons. The molecule has 0 amide bonds. The number of rotatable bonds is 5. The van der Waals surface area contributed by atoms with Gasteiger partial charge >= 0.3 is 0 Å². The molecule has 0 aliphatic carbocycles. The Morgan fingerprint density at radius 1 is 1.10 bits per heavy atom. The molecule has 2 nitrogen and oxygen atoms in total. The molecule has 0 saturated heterocycles. The third-order valence-corrected chi connectivity index (χ3v) is 3.45. The summed E-state index contributed by atoms with van der Waals surface area (Å²) in [5, 5.41) is 10.3. The van der Waals surface area contributed by atoms with E-state index >= 15 is 0 Å². The summed E-state index contributed by atoms with van der Waals surface area (Å²) in [4.78, 5) is 0. The van der Waals surface area contributed by atoms with E-state index in [1.165, 1.54) is 0 Å². The smallest absolute Gasteiger partial charge is 0.119 e. The van der Waals surface area contributed by atoms with Crippen molar-refractivity contribution in [2.45, 2.75) is 32.5 Å². The molecule has 20 heavy (non-hydrogen) atoms. The van der Waals surface area contributed by atoms with Crippen LogP contribution >= 0.6 is 15.9 Å². The fourth-order valence-electron chi connectivity index (χ4n) is 2.05. The first kappa shape index (κ1) is 15.1. The van der Waals surface area contributed by atoms with E-state index in [0.717, 1.165) is 21.3 Å². The average Bonchev–Trinajstić information content (AvgIpc) is 2.38. The second-order valence-corrected chi connectivity index (χ2v) is 6.00. The normalized spacial score (nSPS) is 12.4. The van der Waals surface area contributed by atoms with Gasteiger partial charge < -0.3 is 9.84 Å². The number of halogens is 1. The zero-order chi connectivity index (χ0) is 14.5. The molecule has 0 aliphatic heterocycles. The van der Waals surface area contributed by atoms with Crippen molar-refractivity contribution in [1.29, 1.82) is 0 Å². The summed E-state index contributed by atoms with van der Waals surface area (Å²) in [5.74, 6) is 0.832. The van der Waals surface area contributed by atoms with E-state index in [4.69, 9.17) is 4.74 Å². The Kier molecular flexibility index (Phi) is 5.21. The zero-order valence-corrected chi connectivity index (χ0v) is 13.3. The van der Waals surface area contributed by atoms with Crippen LogP contribution in [0, 0.1) is 0 Å². The Labute approximate surface area is 128 Å². The third kappa shape index (κ3) is 4.36. The average molecular weight is 335 g/mol. The highest BCUT2D eigenvalue weighted by molar-refractivity contribution is 9.10. The Hall–Kier alpha value is -1.32. The summed E-state index contributed by atoms with van der Waals surface area (Å²) in [6.07, 6.45) is 0.258. The molecule has 2 aromatic carbocycles. The van der Waals surface area contributed by atoms with Gasteiger partial charge in [-0.1, -0.05) is 40.2 Å². The van der Waals surface area contributed by atoms with Gasteiger partial charge in [-0.15, -0.1) is 0 Å². The maximum absolute atomic E-state index is 10.3. The standard InChI is InChI=1S/C17H19BrO2/c1-12(2)20-16-8-6-14(7-9-16)17(19)11-13-4-3-5-15(18)10-13/h3-10,12,17,19H,11H2,1-2H3. The van der Waals surface area contributed by atoms with Crippen LogP contribution in [0.3, 0.4) is 0 Å². The van der Waals surface area contributed by atoms with Crippen molar-refractivity contribution in [3.05, 3.63) is 64.1 Å². The number of benzene rings is 2. The van der Waals surface area contributed by atoms with Gasteiger partial charge in [0, 0.05) is 10.9 Å². The van der Waals surface area contributed by atoms with Crippen molar-refractivity contribution >= 4 is 15.9 Å². The Morgan fingerprint density at radius 3 is 2.40 bits per heavy atom. The van der Waals surface area contributed by atoms with Gasteiger partial charge in [-0.3, -0.25) is 0 Å². The Balaban J connectivity index is 2.03. The lowest BCUT2D eigenvalue weighted by atomic mass is 10.0. The summed E-state index contributed by atoms with van der Waals surface area (Å²) in [6, 6.07) is 15.6. The van der Waals surface area contributed by atoms with Gasteiger partial charge in [-0.05, 0) is 49.2 Å². The molecule has 0 spiro atoms. The molecular weight excluding hydrogens is 316 g/mol. The molecule has 3 heteroatoms. The molecule has 1 atom stereocenters. The predicted octanol–water partition coefficient (Wildman–Crippen LogP) is 4.51. The van der Waals surface area contributed by atoms with Crippen molar-refractivity contribution < 1.29 is 9.84 Å². The van der Waals surface area contributed by atoms with Crippen molar-refractivity contribution in [1.82, 2.24) is 0 Å². The fourth-order valence-corrected chi connectivity index (χ4v) is 2.49. The second kappa shape index (κ2) is 6.91. The minimum absolute atomic E-state index is 0.160. The lowest BCUT2D eigenvalue weighted by Gasteiger charge is -2.13. The fraction of sp³-hybridized carbons (Fsp3) is 0.294. The van der Waals surface area contributed by atoms with E-state index in [-0.39, 0.29) is 6.10 Å². The summed E-state index contributed by atoms with van der Waals surface area (Å²) in [7, 11) is 0. The number of aliphatic hydroxyl groups is 1. The molecule has 0 heterocycles. The largest absolute Gasteiger partial charge is 0.491 e. The molecule has 1 N–H and O–H groups in total. The van der Waals surface area contributed by atoms with Gasteiger partial charge in [-0.25, -0.2) is 0 Å². The molecule has 1 unspecified atom stereocenters. The van der Waals surface area contributed by atoms with Crippen LogP contribution in [0.25, 0.3) is 0 Å². The lowest BCUT2D eigenvalue weighted by molar-refractivity contribution is 0.178. The molecule has 0 aromatic heterocycles. The molecule has 2 rings (SSSR count). The van der Waals surface area contributed by atoms with Crippen LogP contribution in [-0.4, -0.2) is 11.2 Å². The predicted molar refractivity (Wildman–Crippen MR) is 85.0 cm³/mol. The van der Waals surface area contributed by atoms with Gasteiger partial charge in [0.1, 0.15) is 5.75 Å². The number of ether oxygens (including phenoxy) is 1. The van der Waals surface area contributed by atoms with Crippen LogP contribution in [0.1, 0.15) is 31.1 Å². The first-order valence-corrected chi connectivity index (χ1v) is 7.53. The molecule has 2 aromatic rings. The summed E-state index contributed by atoms with van der Waals surface area (Å²) >= 11 is 3.44. The van der Waals surface area contributed by atoms with Crippen LogP contribution < -0.4 is 4.74 Å². The highest BCUT2D eigenvalue weighted by Gasteiger charge is 2.09. The number of hydrogen-bond acceptors (Lipinski definition) is 2.